The van der Waals surface area contributed by atoms with Crippen molar-refractivity contribution in [3.63, 3.8) is 0 Å². The van der Waals surface area contributed by atoms with Crippen molar-refractivity contribution in [2.45, 2.75) is 31.8 Å². The molecule has 1 amide bonds. The standard InChI is InChI=1S/C21H25N5O/c1-15(16-5-9-22-10-6-16)26-11-7-18(8-12-26)24-21(27)17-3-4-20-19(13-17)23-14-25(20)2/h3-6,9-10,13-15,18H,7-8,11-12H2,1-2H3,(H,24,27)/t15-/m1/s1. The maximum Gasteiger partial charge on any atom is 0.251 e. The molecule has 3 heterocycles. The molecule has 0 bridgehead atoms. The fourth-order valence-corrected chi connectivity index (χ4v) is 3.83. The molecular weight excluding hydrogens is 338 g/mol. The minimum Gasteiger partial charge on any atom is -0.349 e. The topological polar surface area (TPSA) is 63.1 Å². The minimum absolute atomic E-state index is 0.0109. The van der Waals surface area contributed by atoms with Crippen LogP contribution in [0.25, 0.3) is 11.0 Å². The summed E-state index contributed by atoms with van der Waals surface area (Å²) in [5.41, 5.74) is 3.85. The summed E-state index contributed by atoms with van der Waals surface area (Å²) in [5.74, 6) is -0.0109. The van der Waals surface area contributed by atoms with E-state index in [9.17, 15) is 4.79 Å². The zero-order valence-electron chi connectivity index (χ0n) is 15.8. The number of benzene rings is 1. The van der Waals surface area contributed by atoms with E-state index in [1.807, 2.05) is 42.2 Å². The summed E-state index contributed by atoms with van der Waals surface area (Å²) >= 11 is 0. The second kappa shape index (κ2) is 7.48. The van der Waals surface area contributed by atoms with Crippen LogP contribution in [0, 0.1) is 0 Å². The van der Waals surface area contributed by atoms with Gasteiger partial charge in [0, 0.05) is 50.2 Å². The van der Waals surface area contributed by atoms with Gasteiger partial charge in [-0.1, -0.05) is 0 Å². The van der Waals surface area contributed by atoms with Crippen molar-refractivity contribution < 1.29 is 4.79 Å². The van der Waals surface area contributed by atoms with Gasteiger partial charge in [0.2, 0.25) is 0 Å². The number of nitrogens with one attached hydrogen (secondary N) is 1. The Morgan fingerprint density at radius 2 is 1.93 bits per heavy atom. The van der Waals surface area contributed by atoms with E-state index in [-0.39, 0.29) is 11.9 Å². The highest BCUT2D eigenvalue weighted by atomic mass is 16.1. The van der Waals surface area contributed by atoms with Gasteiger partial charge in [-0.2, -0.15) is 0 Å². The quantitative estimate of drug-likeness (QED) is 0.774. The molecule has 4 rings (SSSR count). The lowest BCUT2D eigenvalue weighted by Crippen LogP contribution is -2.45. The summed E-state index contributed by atoms with van der Waals surface area (Å²) in [6.07, 6.45) is 7.39. The first-order valence-corrected chi connectivity index (χ1v) is 9.48. The number of likely N-dealkylation sites (tertiary alicyclic amines) is 1. The molecule has 0 spiro atoms. The normalized spacial score (nSPS) is 17.1. The predicted octanol–water partition coefficient (Wildman–Crippen LogP) is 2.92. The molecule has 2 aromatic heterocycles. The third kappa shape index (κ3) is 3.71. The number of imidazole rings is 1. The molecule has 1 fully saturated rings. The van der Waals surface area contributed by atoms with Gasteiger partial charge in [-0.25, -0.2) is 4.98 Å². The van der Waals surface area contributed by atoms with Crippen molar-refractivity contribution in [3.8, 4) is 0 Å². The summed E-state index contributed by atoms with van der Waals surface area (Å²) in [6.45, 7) is 4.19. The van der Waals surface area contributed by atoms with Crippen molar-refractivity contribution in [2.24, 2.45) is 7.05 Å². The van der Waals surface area contributed by atoms with E-state index in [0.717, 1.165) is 37.0 Å². The number of nitrogens with zero attached hydrogens (tertiary/aromatic N) is 4. The van der Waals surface area contributed by atoms with E-state index >= 15 is 0 Å². The van der Waals surface area contributed by atoms with E-state index in [1.165, 1.54) is 5.56 Å². The van der Waals surface area contributed by atoms with Gasteiger partial charge in [-0.15, -0.1) is 0 Å². The summed E-state index contributed by atoms with van der Waals surface area (Å²) in [7, 11) is 1.95. The van der Waals surface area contributed by atoms with E-state index < -0.39 is 0 Å². The molecule has 1 N–H and O–H groups in total. The highest BCUT2D eigenvalue weighted by Gasteiger charge is 2.24. The number of rotatable bonds is 4. The van der Waals surface area contributed by atoms with Crippen molar-refractivity contribution in [1.29, 1.82) is 0 Å². The fraction of sp³-hybridized carbons (Fsp3) is 0.381. The maximum absolute atomic E-state index is 12.6. The summed E-state index contributed by atoms with van der Waals surface area (Å²) in [4.78, 5) is 23.5. The average molecular weight is 363 g/mol. The Hall–Kier alpha value is -2.73. The lowest BCUT2D eigenvalue weighted by atomic mass is 10.0. The zero-order chi connectivity index (χ0) is 18.8. The summed E-state index contributed by atoms with van der Waals surface area (Å²) in [5, 5.41) is 3.20. The van der Waals surface area contributed by atoms with Crippen LogP contribution in [0.1, 0.15) is 41.7 Å². The molecule has 1 saturated heterocycles. The first kappa shape index (κ1) is 17.7. The SMILES string of the molecule is C[C@H](c1ccncc1)N1CCC(NC(=O)c2ccc3c(c2)ncn3C)CC1. The monoisotopic (exact) mass is 363 g/mol. The molecule has 3 aromatic rings. The number of carbonyl (C=O) groups is 1. The second-order valence-corrected chi connectivity index (χ2v) is 7.30. The Kier molecular flexibility index (Phi) is 4.90. The number of aryl methyl sites for hydroxylation is 1. The minimum atomic E-state index is -0.0109. The Morgan fingerprint density at radius 3 is 2.67 bits per heavy atom. The van der Waals surface area contributed by atoms with Gasteiger partial charge in [-0.05, 0) is 55.7 Å². The van der Waals surface area contributed by atoms with Crippen LogP contribution < -0.4 is 5.32 Å². The Bertz CT molecular complexity index is 928. The first-order chi connectivity index (χ1) is 13.1. The Labute approximate surface area is 159 Å². The highest BCUT2D eigenvalue weighted by Crippen LogP contribution is 2.24. The molecular formula is C21H25N5O. The van der Waals surface area contributed by atoms with E-state index in [2.05, 4.69) is 39.2 Å². The Balaban J connectivity index is 1.35. The van der Waals surface area contributed by atoms with Crippen LogP contribution in [-0.2, 0) is 7.05 Å². The maximum atomic E-state index is 12.6. The number of hydrogen-bond acceptors (Lipinski definition) is 4. The number of piperidine rings is 1. The largest absolute Gasteiger partial charge is 0.349 e. The van der Waals surface area contributed by atoms with Crippen LogP contribution in [0.2, 0.25) is 0 Å². The summed E-state index contributed by atoms with van der Waals surface area (Å²) < 4.78 is 1.96. The van der Waals surface area contributed by atoms with Crippen molar-refractivity contribution in [1.82, 2.24) is 24.8 Å². The molecule has 0 saturated carbocycles. The number of carbonyl (C=O) groups excluding carboxylic acids is 1. The molecule has 6 nitrogen and oxygen atoms in total. The molecule has 27 heavy (non-hydrogen) atoms. The number of pyridine rings is 1. The van der Waals surface area contributed by atoms with Crippen LogP contribution >= 0.6 is 0 Å². The van der Waals surface area contributed by atoms with Crippen molar-refractivity contribution in [3.05, 3.63) is 60.2 Å². The molecule has 0 unspecified atom stereocenters. The van der Waals surface area contributed by atoms with Gasteiger partial charge >= 0.3 is 0 Å². The third-order valence-corrected chi connectivity index (χ3v) is 5.59. The predicted molar refractivity (Wildman–Crippen MR) is 105 cm³/mol. The van der Waals surface area contributed by atoms with Crippen LogP contribution in [0.15, 0.2) is 49.1 Å². The molecule has 1 aliphatic rings. The molecule has 0 radical (unpaired) electrons. The molecule has 1 aromatic carbocycles. The number of fused-ring (bicyclic) bond motifs is 1. The second-order valence-electron chi connectivity index (χ2n) is 7.30. The van der Waals surface area contributed by atoms with Gasteiger partial charge in [0.25, 0.3) is 5.91 Å². The van der Waals surface area contributed by atoms with Gasteiger partial charge < -0.3 is 9.88 Å². The van der Waals surface area contributed by atoms with Gasteiger partial charge in [0.15, 0.2) is 0 Å². The van der Waals surface area contributed by atoms with Crippen LogP contribution in [0.3, 0.4) is 0 Å². The fourth-order valence-electron chi connectivity index (χ4n) is 3.83. The van der Waals surface area contributed by atoms with Gasteiger partial charge in [0.05, 0.1) is 17.4 Å². The molecule has 140 valence electrons. The number of aromatic nitrogens is 3. The number of hydrogen-bond donors (Lipinski definition) is 1. The van der Waals surface area contributed by atoms with Crippen molar-refractivity contribution >= 4 is 16.9 Å². The van der Waals surface area contributed by atoms with Crippen LogP contribution in [0.4, 0.5) is 0 Å². The van der Waals surface area contributed by atoms with Gasteiger partial charge in [0.1, 0.15) is 0 Å². The molecule has 0 aliphatic carbocycles. The Morgan fingerprint density at radius 1 is 1.19 bits per heavy atom. The molecule has 1 aliphatic heterocycles. The molecule has 1 atom stereocenters. The lowest BCUT2D eigenvalue weighted by Gasteiger charge is -2.36. The smallest absolute Gasteiger partial charge is 0.251 e. The average Bonchev–Trinajstić information content (AvgIpc) is 3.09. The van der Waals surface area contributed by atoms with E-state index in [1.54, 1.807) is 6.33 Å². The van der Waals surface area contributed by atoms with Gasteiger partial charge in [-0.3, -0.25) is 14.7 Å². The van der Waals surface area contributed by atoms with Crippen LogP contribution in [-0.4, -0.2) is 44.5 Å². The lowest BCUT2D eigenvalue weighted by molar-refractivity contribution is 0.0896. The summed E-state index contributed by atoms with van der Waals surface area (Å²) in [6, 6.07) is 10.4. The van der Waals surface area contributed by atoms with E-state index in [0.29, 0.717) is 11.6 Å². The zero-order valence-corrected chi connectivity index (χ0v) is 15.8. The molecule has 6 heteroatoms. The van der Waals surface area contributed by atoms with E-state index in [4.69, 9.17) is 0 Å². The van der Waals surface area contributed by atoms with Crippen LogP contribution in [0.5, 0.6) is 0 Å². The first-order valence-electron chi connectivity index (χ1n) is 9.48. The van der Waals surface area contributed by atoms with Crippen molar-refractivity contribution in [2.75, 3.05) is 13.1 Å². The highest BCUT2D eigenvalue weighted by molar-refractivity contribution is 5.97. The number of amides is 1. The third-order valence-electron chi connectivity index (χ3n) is 5.59.